The van der Waals surface area contributed by atoms with E-state index in [1.54, 1.807) is 6.07 Å². The van der Waals surface area contributed by atoms with Gasteiger partial charge in [0.25, 0.3) is 17.4 Å². The number of carbonyl (C=O) groups is 2. The zero-order valence-electron chi connectivity index (χ0n) is 16.2. The highest BCUT2D eigenvalue weighted by atomic mass is 16.6. The molecule has 1 aromatic heterocycles. The fraction of sp³-hybridized carbons (Fsp3) is 0.381. The highest BCUT2D eigenvalue weighted by Gasteiger charge is 2.32. The van der Waals surface area contributed by atoms with E-state index in [0.717, 1.165) is 24.8 Å². The number of benzene rings is 1. The van der Waals surface area contributed by atoms with Crippen LogP contribution in [0.25, 0.3) is 0 Å². The molecule has 2 amide bonds. The molecular formula is C21H23N3O5. The van der Waals surface area contributed by atoms with Crippen LogP contribution >= 0.6 is 0 Å². The maximum atomic E-state index is 13.3. The Labute approximate surface area is 167 Å². The Kier molecular flexibility index (Phi) is 5.00. The number of ether oxygens (including phenoxy) is 2. The average molecular weight is 397 g/mol. The lowest BCUT2D eigenvalue weighted by Crippen LogP contribution is -2.37. The molecule has 0 saturated heterocycles. The molecule has 0 bridgehead atoms. The Balaban J connectivity index is 1.86. The minimum absolute atomic E-state index is 0.00420. The number of primary amides is 1. The van der Waals surface area contributed by atoms with Crippen molar-refractivity contribution in [3.8, 4) is 11.5 Å². The van der Waals surface area contributed by atoms with Crippen molar-refractivity contribution in [3.63, 3.8) is 0 Å². The summed E-state index contributed by atoms with van der Waals surface area (Å²) in [6, 6.07) is 5.43. The average Bonchev–Trinajstić information content (AvgIpc) is 2.68. The van der Waals surface area contributed by atoms with Gasteiger partial charge in [0.1, 0.15) is 18.8 Å². The van der Waals surface area contributed by atoms with E-state index >= 15 is 0 Å². The Morgan fingerprint density at radius 2 is 2.00 bits per heavy atom. The molecule has 29 heavy (non-hydrogen) atoms. The molecular weight excluding hydrogens is 374 g/mol. The fourth-order valence-corrected chi connectivity index (χ4v) is 3.90. The topological polar surface area (TPSA) is 113 Å². The highest BCUT2D eigenvalue weighted by molar-refractivity contribution is 6.01. The van der Waals surface area contributed by atoms with Gasteiger partial charge in [0, 0.05) is 18.8 Å². The molecule has 4 rings (SSSR count). The van der Waals surface area contributed by atoms with Crippen molar-refractivity contribution in [2.75, 3.05) is 20.3 Å². The SMILES string of the molecule is CNC(=O)c1c(C2CCC2)c(C(N)=O)cn(Cc2cccc3c2OCCO3)c1=O. The number of amides is 2. The largest absolute Gasteiger partial charge is 0.486 e. The number of carbonyl (C=O) groups excluding carboxylic acids is 2. The van der Waals surface area contributed by atoms with Crippen molar-refractivity contribution in [2.45, 2.75) is 31.7 Å². The molecule has 0 spiro atoms. The summed E-state index contributed by atoms with van der Waals surface area (Å²) < 4.78 is 12.7. The summed E-state index contributed by atoms with van der Waals surface area (Å²) in [5.74, 6) is 0.00245. The van der Waals surface area contributed by atoms with Crippen LogP contribution in [0.1, 0.15) is 57.0 Å². The van der Waals surface area contributed by atoms with Crippen molar-refractivity contribution in [2.24, 2.45) is 5.73 Å². The molecule has 2 aromatic rings. The first-order valence-electron chi connectivity index (χ1n) is 9.68. The molecule has 8 nitrogen and oxygen atoms in total. The number of hydrogen-bond acceptors (Lipinski definition) is 5. The lowest BCUT2D eigenvalue weighted by molar-refractivity contribution is 0.0958. The number of aromatic nitrogens is 1. The molecule has 0 radical (unpaired) electrons. The minimum atomic E-state index is -0.652. The summed E-state index contributed by atoms with van der Waals surface area (Å²) >= 11 is 0. The molecule has 8 heteroatoms. The van der Waals surface area contributed by atoms with Crippen molar-refractivity contribution >= 4 is 11.8 Å². The molecule has 1 fully saturated rings. The van der Waals surface area contributed by atoms with Gasteiger partial charge in [-0.15, -0.1) is 0 Å². The number of fused-ring (bicyclic) bond motifs is 1. The Morgan fingerprint density at radius 1 is 1.24 bits per heavy atom. The number of rotatable bonds is 5. The quantitative estimate of drug-likeness (QED) is 0.792. The lowest BCUT2D eigenvalue weighted by Gasteiger charge is -2.29. The van der Waals surface area contributed by atoms with E-state index in [1.165, 1.54) is 17.8 Å². The normalized spacial score (nSPS) is 15.5. The number of hydrogen-bond donors (Lipinski definition) is 2. The third-order valence-corrected chi connectivity index (χ3v) is 5.54. The predicted octanol–water partition coefficient (Wildman–Crippen LogP) is 1.39. The molecule has 2 heterocycles. The molecule has 0 unspecified atom stereocenters. The first kappa shape index (κ1) is 19.0. The van der Waals surface area contributed by atoms with Crippen molar-refractivity contribution in [3.05, 3.63) is 57.0 Å². The number of pyridine rings is 1. The predicted molar refractivity (Wildman–Crippen MR) is 106 cm³/mol. The third kappa shape index (κ3) is 3.35. The van der Waals surface area contributed by atoms with Crippen LogP contribution in [0.2, 0.25) is 0 Å². The summed E-state index contributed by atoms with van der Waals surface area (Å²) in [4.78, 5) is 38.1. The van der Waals surface area contributed by atoms with Crippen molar-refractivity contribution in [1.29, 1.82) is 0 Å². The van der Waals surface area contributed by atoms with Crippen LogP contribution in [0.15, 0.2) is 29.2 Å². The van der Waals surface area contributed by atoms with Gasteiger partial charge < -0.3 is 25.1 Å². The van der Waals surface area contributed by atoms with Gasteiger partial charge >= 0.3 is 0 Å². The van der Waals surface area contributed by atoms with Crippen LogP contribution in [0.5, 0.6) is 11.5 Å². The van der Waals surface area contributed by atoms with Gasteiger partial charge in [0.05, 0.1) is 12.1 Å². The van der Waals surface area contributed by atoms with E-state index in [4.69, 9.17) is 15.2 Å². The summed E-state index contributed by atoms with van der Waals surface area (Å²) in [5, 5.41) is 2.52. The van der Waals surface area contributed by atoms with Gasteiger partial charge in [-0.3, -0.25) is 14.4 Å². The molecule has 1 aromatic carbocycles. The van der Waals surface area contributed by atoms with E-state index in [-0.39, 0.29) is 23.6 Å². The second kappa shape index (κ2) is 7.62. The number of nitrogens with zero attached hydrogens (tertiary/aromatic N) is 1. The van der Waals surface area contributed by atoms with E-state index in [9.17, 15) is 14.4 Å². The molecule has 1 aliphatic heterocycles. The van der Waals surface area contributed by atoms with Crippen LogP contribution in [-0.2, 0) is 6.54 Å². The Bertz CT molecular complexity index is 1040. The molecule has 1 aliphatic carbocycles. The maximum Gasteiger partial charge on any atom is 0.264 e. The third-order valence-electron chi connectivity index (χ3n) is 5.54. The monoisotopic (exact) mass is 397 g/mol. The van der Waals surface area contributed by atoms with E-state index < -0.39 is 17.4 Å². The highest BCUT2D eigenvalue weighted by Crippen LogP contribution is 2.39. The summed E-state index contributed by atoms with van der Waals surface area (Å²) in [5.41, 5.74) is 6.59. The standard InChI is InChI=1S/C21H23N3O5/c1-23-20(26)17-16(12-4-2-5-12)14(19(22)25)11-24(21(17)27)10-13-6-3-7-15-18(13)29-9-8-28-15/h3,6-7,11-12H,2,4-5,8-10H2,1H3,(H2,22,25)(H,23,26). The van der Waals surface area contributed by atoms with E-state index in [0.29, 0.717) is 30.3 Å². The van der Waals surface area contributed by atoms with Gasteiger partial charge in [-0.2, -0.15) is 0 Å². The lowest BCUT2D eigenvalue weighted by atomic mass is 9.76. The first-order valence-corrected chi connectivity index (χ1v) is 9.68. The Morgan fingerprint density at radius 3 is 2.66 bits per heavy atom. The van der Waals surface area contributed by atoms with Gasteiger partial charge in [0.15, 0.2) is 11.5 Å². The molecule has 152 valence electrons. The van der Waals surface area contributed by atoms with E-state index in [1.807, 2.05) is 12.1 Å². The first-order chi connectivity index (χ1) is 14.0. The minimum Gasteiger partial charge on any atom is -0.486 e. The maximum absolute atomic E-state index is 13.3. The zero-order chi connectivity index (χ0) is 20.5. The zero-order valence-corrected chi connectivity index (χ0v) is 16.2. The van der Waals surface area contributed by atoms with Crippen molar-refractivity contribution < 1.29 is 19.1 Å². The van der Waals surface area contributed by atoms with Gasteiger partial charge in [-0.05, 0) is 30.4 Å². The van der Waals surface area contributed by atoms with E-state index in [2.05, 4.69) is 5.32 Å². The fourth-order valence-electron chi connectivity index (χ4n) is 3.90. The van der Waals surface area contributed by atoms with Gasteiger partial charge in [-0.25, -0.2) is 0 Å². The summed E-state index contributed by atoms with van der Waals surface area (Å²) in [6.45, 7) is 0.995. The smallest absolute Gasteiger partial charge is 0.264 e. The Hall–Kier alpha value is -3.29. The molecule has 0 atom stereocenters. The van der Waals surface area contributed by atoms with Gasteiger partial charge in [0.2, 0.25) is 0 Å². The van der Waals surface area contributed by atoms with Crippen LogP contribution < -0.4 is 26.1 Å². The second-order valence-corrected chi connectivity index (χ2v) is 7.28. The second-order valence-electron chi connectivity index (χ2n) is 7.28. The number of nitrogens with one attached hydrogen (secondary N) is 1. The summed E-state index contributed by atoms with van der Waals surface area (Å²) in [6.07, 6.45) is 4.11. The number of para-hydroxylation sites is 1. The number of nitrogens with two attached hydrogens (primary N) is 1. The van der Waals surface area contributed by atoms with Crippen molar-refractivity contribution in [1.82, 2.24) is 9.88 Å². The van der Waals surface area contributed by atoms with Crippen LogP contribution in [0, 0.1) is 0 Å². The molecule has 1 saturated carbocycles. The molecule has 2 aliphatic rings. The van der Waals surface area contributed by atoms with Crippen LogP contribution in [-0.4, -0.2) is 36.6 Å². The summed E-state index contributed by atoms with van der Waals surface area (Å²) in [7, 11) is 1.46. The van der Waals surface area contributed by atoms with Crippen LogP contribution in [0.3, 0.4) is 0 Å². The molecule has 3 N–H and O–H groups in total. The van der Waals surface area contributed by atoms with Crippen LogP contribution in [0.4, 0.5) is 0 Å². The van der Waals surface area contributed by atoms with Gasteiger partial charge in [-0.1, -0.05) is 18.6 Å².